The normalized spacial score (nSPS) is 16.5. The number of aliphatic hydroxyl groups is 1. The number of carbonyl (C=O) groups excluding carboxylic acids is 1. The summed E-state index contributed by atoms with van der Waals surface area (Å²) in [6, 6.07) is 9.51. The van der Waals surface area contributed by atoms with E-state index in [1.165, 1.54) is 14.0 Å². The quantitative estimate of drug-likeness (QED) is 0.784. The van der Waals surface area contributed by atoms with Gasteiger partial charge >= 0.3 is 0 Å². The van der Waals surface area contributed by atoms with Gasteiger partial charge in [-0.15, -0.1) is 0 Å². The van der Waals surface area contributed by atoms with Crippen LogP contribution >= 0.6 is 0 Å². The standard InChI is InChI=1S/C12H17NO2/c1-9(10-7-5-4-6-8-10)12(2,15)11(14)13-3/h4-9,15H,1-3H3,(H,13,14). The second kappa shape index (κ2) is 4.45. The summed E-state index contributed by atoms with van der Waals surface area (Å²) >= 11 is 0. The minimum absolute atomic E-state index is 0.237. The first-order valence-electron chi connectivity index (χ1n) is 4.99. The van der Waals surface area contributed by atoms with Crippen molar-refractivity contribution in [1.29, 1.82) is 0 Å². The molecule has 1 aromatic carbocycles. The monoisotopic (exact) mass is 207 g/mol. The topological polar surface area (TPSA) is 49.3 Å². The van der Waals surface area contributed by atoms with Gasteiger partial charge in [0.1, 0.15) is 5.60 Å². The Balaban J connectivity index is 2.94. The number of benzene rings is 1. The lowest BCUT2D eigenvalue weighted by atomic mass is 9.84. The zero-order valence-electron chi connectivity index (χ0n) is 9.32. The fourth-order valence-electron chi connectivity index (χ4n) is 1.52. The van der Waals surface area contributed by atoms with E-state index in [-0.39, 0.29) is 11.8 Å². The predicted octanol–water partition coefficient (Wildman–Crippen LogP) is 1.29. The molecule has 0 aliphatic rings. The average Bonchev–Trinajstić information content (AvgIpc) is 2.28. The van der Waals surface area contributed by atoms with E-state index in [9.17, 15) is 9.90 Å². The molecule has 1 aromatic rings. The van der Waals surface area contributed by atoms with Gasteiger partial charge in [0.25, 0.3) is 5.91 Å². The largest absolute Gasteiger partial charge is 0.380 e. The highest BCUT2D eigenvalue weighted by atomic mass is 16.3. The van der Waals surface area contributed by atoms with E-state index in [0.717, 1.165) is 5.56 Å². The molecule has 2 unspecified atom stereocenters. The van der Waals surface area contributed by atoms with Gasteiger partial charge in [0.2, 0.25) is 0 Å². The number of nitrogens with one attached hydrogen (secondary N) is 1. The zero-order valence-corrected chi connectivity index (χ0v) is 9.32. The summed E-state index contributed by atoms with van der Waals surface area (Å²) in [6.45, 7) is 3.37. The molecule has 15 heavy (non-hydrogen) atoms. The summed E-state index contributed by atoms with van der Waals surface area (Å²) in [5.41, 5.74) is -0.429. The van der Waals surface area contributed by atoms with Crippen molar-refractivity contribution < 1.29 is 9.90 Å². The van der Waals surface area contributed by atoms with Crippen molar-refractivity contribution in [3.8, 4) is 0 Å². The molecule has 0 spiro atoms. The molecule has 0 aliphatic carbocycles. The van der Waals surface area contributed by atoms with Gasteiger partial charge in [0.15, 0.2) is 0 Å². The first-order valence-corrected chi connectivity index (χ1v) is 4.99. The van der Waals surface area contributed by atoms with Crippen LogP contribution in [-0.4, -0.2) is 23.7 Å². The summed E-state index contributed by atoms with van der Waals surface area (Å²) in [6.07, 6.45) is 0. The summed E-state index contributed by atoms with van der Waals surface area (Å²) in [5.74, 6) is -0.600. The SMILES string of the molecule is CNC(=O)C(C)(O)C(C)c1ccccc1. The second-order valence-corrected chi connectivity index (χ2v) is 3.86. The molecule has 0 heterocycles. The minimum Gasteiger partial charge on any atom is -0.380 e. The highest BCUT2D eigenvalue weighted by Gasteiger charge is 2.36. The molecule has 1 rings (SSSR count). The van der Waals surface area contributed by atoms with Gasteiger partial charge in [0, 0.05) is 13.0 Å². The molecule has 82 valence electrons. The number of likely N-dealkylation sites (N-methyl/N-ethyl adjacent to an activating group) is 1. The van der Waals surface area contributed by atoms with Crippen molar-refractivity contribution in [2.24, 2.45) is 0 Å². The van der Waals surface area contributed by atoms with E-state index in [1.54, 1.807) is 0 Å². The first kappa shape index (κ1) is 11.7. The van der Waals surface area contributed by atoms with Crippen LogP contribution in [0.25, 0.3) is 0 Å². The molecule has 3 nitrogen and oxygen atoms in total. The van der Waals surface area contributed by atoms with Crippen LogP contribution in [0, 0.1) is 0 Å². The van der Waals surface area contributed by atoms with Crippen LogP contribution in [-0.2, 0) is 4.79 Å². The molecule has 2 N–H and O–H groups in total. The van der Waals surface area contributed by atoms with Crippen molar-refractivity contribution in [1.82, 2.24) is 5.32 Å². The van der Waals surface area contributed by atoms with Gasteiger partial charge in [-0.2, -0.15) is 0 Å². The maximum absolute atomic E-state index is 11.5. The van der Waals surface area contributed by atoms with Gasteiger partial charge in [-0.3, -0.25) is 4.79 Å². The summed E-state index contributed by atoms with van der Waals surface area (Å²) in [7, 11) is 1.52. The van der Waals surface area contributed by atoms with Crippen molar-refractivity contribution in [2.75, 3.05) is 7.05 Å². The van der Waals surface area contributed by atoms with E-state index >= 15 is 0 Å². The fourth-order valence-corrected chi connectivity index (χ4v) is 1.52. The number of amides is 1. The molecule has 0 saturated heterocycles. The van der Waals surface area contributed by atoms with Crippen LogP contribution in [0.2, 0.25) is 0 Å². The smallest absolute Gasteiger partial charge is 0.252 e. The van der Waals surface area contributed by atoms with Gasteiger partial charge in [-0.1, -0.05) is 37.3 Å². The lowest BCUT2D eigenvalue weighted by molar-refractivity contribution is -0.139. The Morgan fingerprint density at radius 3 is 2.40 bits per heavy atom. The average molecular weight is 207 g/mol. The molecule has 0 aromatic heterocycles. The highest BCUT2D eigenvalue weighted by Crippen LogP contribution is 2.27. The van der Waals surface area contributed by atoms with Gasteiger partial charge < -0.3 is 10.4 Å². The number of carbonyl (C=O) groups is 1. The highest BCUT2D eigenvalue weighted by molar-refractivity contribution is 5.85. The van der Waals surface area contributed by atoms with Gasteiger partial charge in [0.05, 0.1) is 0 Å². The first-order chi connectivity index (χ1) is 7.00. The molecule has 0 bridgehead atoms. The van der Waals surface area contributed by atoms with Crippen LogP contribution in [0.1, 0.15) is 25.3 Å². The molecule has 0 saturated carbocycles. The van der Waals surface area contributed by atoms with Crippen molar-refractivity contribution in [3.63, 3.8) is 0 Å². The molecule has 0 aliphatic heterocycles. The van der Waals surface area contributed by atoms with Crippen LogP contribution in [0.5, 0.6) is 0 Å². The molecule has 2 atom stereocenters. The van der Waals surface area contributed by atoms with E-state index in [1.807, 2.05) is 37.3 Å². The number of rotatable bonds is 3. The summed E-state index contributed by atoms with van der Waals surface area (Å²) < 4.78 is 0. The second-order valence-electron chi connectivity index (χ2n) is 3.86. The number of hydrogen-bond donors (Lipinski definition) is 2. The Morgan fingerprint density at radius 2 is 1.93 bits per heavy atom. The van der Waals surface area contributed by atoms with E-state index in [2.05, 4.69) is 5.32 Å². The van der Waals surface area contributed by atoms with E-state index < -0.39 is 5.60 Å². The van der Waals surface area contributed by atoms with E-state index in [0.29, 0.717) is 0 Å². The fraction of sp³-hybridized carbons (Fsp3) is 0.417. The summed E-state index contributed by atoms with van der Waals surface area (Å²) in [5, 5.41) is 12.6. The maximum atomic E-state index is 11.5. The predicted molar refractivity (Wildman–Crippen MR) is 59.5 cm³/mol. The van der Waals surface area contributed by atoms with Crippen molar-refractivity contribution in [2.45, 2.75) is 25.4 Å². The third-order valence-corrected chi connectivity index (χ3v) is 2.83. The van der Waals surface area contributed by atoms with Crippen molar-refractivity contribution in [3.05, 3.63) is 35.9 Å². The summed E-state index contributed by atoms with van der Waals surface area (Å²) in [4.78, 5) is 11.5. The Hall–Kier alpha value is -1.35. The van der Waals surface area contributed by atoms with Gasteiger partial charge in [-0.25, -0.2) is 0 Å². The maximum Gasteiger partial charge on any atom is 0.252 e. The van der Waals surface area contributed by atoms with E-state index in [4.69, 9.17) is 0 Å². The van der Waals surface area contributed by atoms with Crippen LogP contribution in [0.4, 0.5) is 0 Å². The molecule has 1 amide bonds. The molecular formula is C12H17NO2. The minimum atomic E-state index is -1.38. The molecular weight excluding hydrogens is 190 g/mol. The Kier molecular flexibility index (Phi) is 3.48. The number of hydrogen-bond acceptors (Lipinski definition) is 2. The van der Waals surface area contributed by atoms with Crippen LogP contribution in [0.3, 0.4) is 0 Å². The molecule has 0 radical (unpaired) electrons. The molecule has 3 heteroatoms. The Morgan fingerprint density at radius 1 is 1.40 bits per heavy atom. The lowest BCUT2D eigenvalue weighted by Gasteiger charge is -2.28. The molecule has 0 fully saturated rings. The zero-order chi connectivity index (χ0) is 11.5. The van der Waals surface area contributed by atoms with Crippen LogP contribution in [0.15, 0.2) is 30.3 Å². The van der Waals surface area contributed by atoms with Crippen LogP contribution < -0.4 is 5.32 Å². The third-order valence-electron chi connectivity index (χ3n) is 2.83. The lowest BCUT2D eigenvalue weighted by Crippen LogP contribution is -2.46. The Labute approximate surface area is 90.1 Å². The third kappa shape index (κ3) is 2.36. The van der Waals surface area contributed by atoms with Gasteiger partial charge in [-0.05, 0) is 12.5 Å². The van der Waals surface area contributed by atoms with Crippen molar-refractivity contribution >= 4 is 5.91 Å². The Bertz CT molecular complexity index is 333.